The Bertz CT molecular complexity index is 292. The second-order valence-electron chi connectivity index (χ2n) is 5.85. The maximum absolute atomic E-state index is 12.1. The number of hydrogen-bond acceptors (Lipinski definition) is 2. The molecule has 1 aliphatic carbocycles. The van der Waals surface area contributed by atoms with Gasteiger partial charge < -0.3 is 4.90 Å². The third-order valence-corrected chi connectivity index (χ3v) is 4.66. The van der Waals surface area contributed by atoms with Crippen LogP contribution in [-0.2, 0) is 4.79 Å². The molecule has 2 aliphatic heterocycles. The van der Waals surface area contributed by atoms with Crippen LogP contribution in [0.3, 0.4) is 0 Å². The molecule has 3 aliphatic rings. The Morgan fingerprint density at radius 1 is 1.11 bits per heavy atom. The zero-order chi connectivity index (χ0) is 13.1. The lowest BCUT2D eigenvalue weighted by Crippen LogP contribution is -2.55. The smallest absolute Gasteiger partial charge is 0.237 e. The molecule has 104 valence electrons. The molecule has 1 saturated carbocycles. The van der Waals surface area contributed by atoms with Gasteiger partial charge in [-0.3, -0.25) is 9.69 Å². The Morgan fingerprint density at radius 2 is 1.83 bits per heavy atom. The number of hydrogen-bond donors (Lipinski definition) is 0. The van der Waals surface area contributed by atoms with Crippen LogP contribution in [0, 0.1) is 5.92 Å². The van der Waals surface area contributed by atoms with Crippen LogP contribution in [0.4, 0.5) is 0 Å². The minimum absolute atomic E-state index is 0.383. The number of likely N-dealkylation sites (N-methyl/N-ethyl adjacent to an activating group) is 1. The molecule has 3 fully saturated rings. The third kappa shape index (κ3) is 2.56. The summed E-state index contributed by atoms with van der Waals surface area (Å²) in [6.07, 6.45) is 7.96. The van der Waals surface area contributed by atoms with Gasteiger partial charge in [-0.15, -0.1) is 0 Å². The van der Waals surface area contributed by atoms with Gasteiger partial charge in [0.1, 0.15) is 0 Å². The maximum Gasteiger partial charge on any atom is 0.237 e. The molecular weight excluding hydrogens is 224 g/mol. The van der Waals surface area contributed by atoms with E-state index in [1.807, 2.05) is 13.8 Å². The van der Waals surface area contributed by atoms with E-state index < -0.39 is 0 Å². The fourth-order valence-corrected chi connectivity index (χ4v) is 4.03. The topological polar surface area (TPSA) is 23.6 Å². The maximum atomic E-state index is 12.1. The van der Waals surface area contributed by atoms with E-state index >= 15 is 0 Å². The average molecular weight is 252 g/mol. The number of carbonyl (C=O) groups is 1. The highest BCUT2D eigenvalue weighted by Crippen LogP contribution is 2.40. The molecule has 0 aromatic carbocycles. The van der Waals surface area contributed by atoms with E-state index in [4.69, 9.17) is 0 Å². The molecule has 2 saturated heterocycles. The normalized spacial score (nSPS) is 36.3. The minimum Gasteiger partial charge on any atom is -0.334 e. The summed E-state index contributed by atoms with van der Waals surface area (Å²) in [5, 5.41) is 0. The number of amides is 1. The zero-order valence-electron chi connectivity index (χ0n) is 12.2. The van der Waals surface area contributed by atoms with Gasteiger partial charge in [0, 0.05) is 18.6 Å². The Hall–Kier alpha value is -0.570. The lowest BCUT2D eigenvalue weighted by molar-refractivity contribution is -0.139. The molecule has 0 radical (unpaired) electrons. The van der Waals surface area contributed by atoms with Crippen molar-refractivity contribution >= 4 is 5.91 Å². The number of rotatable bonds is 0. The molecule has 0 aromatic rings. The van der Waals surface area contributed by atoms with Crippen molar-refractivity contribution in [3.63, 3.8) is 0 Å². The third-order valence-electron chi connectivity index (χ3n) is 4.66. The first kappa shape index (κ1) is 13.9. The van der Waals surface area contributed by atoms with Gasteiger partial charge in [-0.05, 0) is 32.2 Å². The van der Waals surface area contributed by atoms with Gasteiger partial charge in [0.05, 0.1) is 6.54 Å². The van der Waals surface area contributed by atoms with Gasteiger partial charge in [-0.25, -0.2) is 0 Å². The summed E-state index contributed by atoms with van der Waals surface area (Å²) in [4.78, 5) is 16.6. The Labute approximate surface area is 112 Å². The summed E-state index contributed by atoms with van der Waals surface area (Å²) < 4.78 is 0. The van der Waals surface area contributed by atoms with Crippen LogP contribution < -0.4 is 0 Å². The SMILES string of the molecule is CC.CN1CC(=O)N2C(C[C@@H]3CCCCC[C@H]32)C1. The number of nitrogens with zero attached hydrogens (tertiary/aromatic N) is 2. The molecule has 0 bridgehead atoms. The van der Waals surface area contributed by atoms with Gasteiger partial charge in [-0.1, -0.05) is 33.1 Å². The molecule has 3 rings (SSSR count). The zero-order valence-corrected chi connectivity index (χ0v) is 12.2. The fraction of sp³-hybridized carbons (Fsp3) is 0.933. The predicted molar refractivity (Wildman–Crippen MR) is 74.5 cm³/mol. The molecule has 1 unspecified atom stereocenters. The van der Waals surface area contributed by atoms with Gasteiger partial charge in [-0.2, -0.15) is 0 Å². The molecule has 18 heavy (non-hydrogen) atoms. The molecular formula is C15H28N2O. The Morgan fingerprint density at radius 3 is 2.61 bits per heavy atom. The van der Waals surface area contributed by atoms with Crippen molar-refractivity contribution in [1.29, 1.82) is 0 Å². The van der Waals surface area contributed by atoms with Crippen LogP contribution in [0.25, 0.3) is 0 Å². The highest BCUT2D eigenvalue weighted by molar-refractivity contribution is 5.80. The summed E-state index contributed by atoms with van der Waals surface area (Å²) in [6.45, 7) is 5.73. The fourth-order valence-electron chi connectivity index (χ4n) is 4.03. The van der Waals surface area contributed by atoms with Gasteiger partial charge in [0.15, 0.2) is 0 Å². The monoisotopic (exact) mass is 252 g/mol. The van der Waals surface area contributed by atoms with Gasteiger partial charge in [0.25, 0.3) is 0 Å². The first-order valence-corrected chi connectivity index (χ1v) is 7.75. The van der Waals surface area contributed by atoms with Crippen molar-refractivity contribution in [3.8, 4) is 0 Å². The largest absolute Gasteiger partial charge is 0.334 e. The number of piperazine rings is 1. The molecule has 0 spiro atoms. The molecule has 2 heterocycles. The summed E-state index contributed by atoms with van der Waals surface area (Å²) >= 11 is 0. The molecule has 3 heteroatoms. The standard InChI is InChI=1S/C13H22N2O.C2H6/c1-14-8-11-7-10-5-3-2-4-6-12(10)15(11)13(16)9-14;1-2/h10-12H,2-9H2,1H3;1-2H3/t10-,11?,12+;/m0./s1. The van der Waals surface area contributed by atoms with Crippen molar-refractivity contribution in [1.82, 2.24) is 9.80 Å². The van der Waals surface area contributed by atoms with Crippen molar-refractivity contribution in [2.24, 2.45) is 5.92 Å². The van der Waals surface area contributed by atoms with Crippen molar-refractivity contribution in [3.05, 3.63) is 0 Å². The lowest BCUT2D eigenvalue weighted by Gasteiger charge is -2.38. The highest BCUT2D eigenvalue weighted by atomic mass is 16.2. The second kappa shape index (κ2) is 6.05. The number of fused-ring (bicyclic) bond motifs is 3. The minimum atomic E-state index is 0.383. The van der Waals surface area contributed by atoms with Gasteiger partial charge in [0.2, 0.25) is 5.91 Å². The van der Waals surface area contributed by atoms with E-state index in [1.54, 1.807) is 0 Å². The quantitative estimate of drug-likeness (QED) is 0.661. The van der Waals surface area contributed by atoms with E-state index in [-0.39, 0.29) is 0 Å². The van der Waals surface area contributed by atoms with E-state index in [1.165, 1.54) is 38.5 Å². The molecule has 3 nitrogen and oxygen atoms in total. The molecule has 1 amide bonds. The summed E-state index contributed by atoms with van der Waals surface area (Å²) in [6, 6.07) is 1.12. The Kier molecular flexibility index (Phi) is 4.66. The van der Waals surface area contributed by atoms with Crippen molar-refractivity contribution < 1.29 is 4.79 Å². The second-order valence-corrected chi connectivity index (χ2v) is 5.85. The van der Waals surface area contributed by atoms with E-state index in [0.717, 1.165) is 12.5 Å². The average Bonchev–Trinajstić information content (AvgIpc) is 2.55. The lowest BCUT2D eigenvalue weighted by atomic mass is 9.94. The highest BCUT2D eigenvalue weighted by Gasteiger charge is 2.45. The number of carbonyl (C=O) groups excluding carboxylic acids is 1. The van der Waals surface area contributed by atoms with Crippen LogP contribution in [0.1, 0.15) is 52.4 Å². The summed E-state index contributed by atoms with van der Waals surface area (Å²) in [7, 11) is 2.07. The predicted octanol–water partition coefficient (Wildman–Crippen LogP) is 2.51. The van der Waals surface area contributed by atoms with Crippen LogP contribution in [0.15, 0.2) is 0 Å². The molecule has 0 aromatic heterocycles. The summed E-state index contributed by atoms with van der Waals surface area (Å²) in [5.74, 6) is 1.19. The van der Waals surface area contributed by atoms with Crippen LogP contribution in [0.5, 0.6) is 0 Å². The first-order chi connectivity index (χ1) is 8.75. The van der Waals surface area contributed by atoms with Crippen molar-refractivity contribution in [2.45, 2.75) is 64.5 Å². The van der Waals surface area contributed by atoms with Crippen molar-refractivity contribution in [2.75, 3.05) is 20.1 Å². The van der Waals surface area contributed by atoms with E-state index in [0.29, 0.717) is 24.5 Å². The van der Waals surface area contributed by atoms with Crippen LogP contribution in [0.2, 0.25) is 0 Å². The van der Waals surface area contributed by atoms with E-state index in [2.05, 4.69) is 16.8 Å². The summed E-state index contributed by atoms with van der Waals surface area (Å²) in [5.41, 5.74) is 0. The molecule has 3 atom stereocenters. The van der Waals surface area contributed by atoms with Crippen LogP contribution >= 0.6 is 0 Å². The van der Waals surface area contributed by atoms with Crippen LogP contribution in [-0.4, -0.2) is 47.9 Å². The van der Waals surface area contributed by atoms with Gasteiger partial charge >= 0.3 is 0 Å². The first-order valence-electron chi connectivity index (χ1n) is 7.75. The Balaban J connectivity index is 0.000000574. The molecule has 0 N–H and O–H groups in total. The van der Waals surface area contributed by atoms with E-state index in [9.17, 15) is 4.79 Å².